The number of sulfonamides is 1. The van der Waals surface area contributed by atoms with Gasteiger partial charge in [-0.05, 0) is 44.5 Å². The summed E-state index contributed by atoms with van der Waals surface area (Å²) in [5.74, 6) is -0.178. The predicted octanol–water partition coefficient (Wildman–Crippen LogP) is 2.65. The Kier molecular flexibility index (Phi) is 5.67. The van der Waals surface area contributed by atoms with Gasteiger partial charge in [0, 0.05) is 37.3 Å². The Morgan fingerprint density at radius 3 is 2.04 bits per heavy atom. The van der Waals surface area contributed by atoms with Crippen LogP contribution in [0.2, 0.25) is 0 Å². The van der Waals surface area contributed by atoms with Crippen LogP contribution in [-0.2, 0) is 10.0 Å². The van der Waals surface area contributed by atoms with Gasteiger partial charge in [-0.2, -0.15) is 4.31 Å². The van der Waals surface area contributed by atoms with Gasteiger partial charge in [-0.15, -0.1) is 0 Å². The average Bonchev–Trinajstić information content (AvgIpc) is 2.67. The molecule has 2 aromatic rings. The zero-order chi connectivity index (χ0) is 20.5. The third kappa shape index (κ3) is 4.00. The quantitative estimate of drug-likeness (QED) is 0.740. The van der Waals surface area contributed by atoms with Crippen LogP contribution in [0, 0.1) is 13.8 Å². The van der Waals surface area contributed by atoms with Crippen LogP contribution < -0.4 is 0 Å². The molecule has 1 amide bonds. The monoisotopic (exact) mass is 400 g/mol. The number of amides is 1. The second-order valence-electron chi connectivity index (χ2n) is 7.10. The van der Waals surface area contributed by atoms with Gasteiger partial charge in [-0.1, -0.05) is 29.8 Å². The lowest BCUT2D eigenvalue weighted by atomic mass is 10.0. The van der Waals surface area contributed by atoms with Crippen LogP contribution in [0.1, 0.15) is 38.8 Å². The summed E-state index contributed by atoms with van der Waals surface area (Å²) in [7, 11) is -3.65. The molecule has 0 N–H and O–H groups in total. The molecule has 0 spiro atoms. The normalized spacial score (nSPS) is 15.5. The molecule has 1 aliphatic heterocycles. The fourth-order valence-corrected chi connectivity index (χ4v) is 4.79. The summed E-state index contributed by atoms with van der Waals surface area (Å²) in [5, 5.41) is 0. The summed E-state index contributed by atoms with van der Waals surface area (Å²) >= 11 is 0. The van der Waals surface area contributed by atoms with Crippen LogP contribution in [0.5, 0.6) is 0 Å². The average molecular weight is 401 g/mol. The Morgan fingerprint density at radius 1 is 0.893 bits per heavy atom. The third-order valence-electron chi connectivity index (χ3n) is 5.04. The lowest BCUT2D eigenvalue weighted by Crippen LogP contribution is -2.50. The number of piperazine rings is 1. The highest BCUT2D eigenvalue weighted by molar-refractivity contribution is 7.89. The number of nitrogens with zero attached hydrogens (tertiary/aromatic N) is 2. The molecule has 1 heterocycles. The number of hydrogen-bond acceptors (Lipinski definition) is 4. The zero-order valence-corrected chi connectivity index (χ0v) is 17.1. The van der Waals surface area contributed by atoms with E-state index < -0.39 is 10.0 Å². The zero-order valence-electron chi connectivity index (χ0n) is 16.3. The van der Waals surface area contributed by atoms with Crippen LogP contribution >= 0.6 is 0 Å². The van der Waals surface area contributed by atoms with Gasteiger partial charge in [0.05, 0.1) is 4.90 Å². The summed E-state index contributed by atoms with van der Waals surface area (Å²) in [6.07, 6.45) is 0. The van der Waals surface area contributed by atoms with E-state index in [1.54, 1.807) is 4.90 Å². The van der Waals surface area contributed by atoms with E-state index in [-0.39, 0.29) is 29.7 Å². The maximum absolute atomic E-state index is 12.8. The molecule has 2 aromatic carbocycles. The van der Waals surface area contributed by atoms with Crippen molar-refractivity contribution in [3.63, 3.8) is 0 Å². The molecule has 0 aliphatic carbocycles. The maximum Gasteiger partial charge on any atom is 0.254 e. The Bertz CT molecular complexity index is 1010. The molecule has 0 radical (unpaired) electrons. The van der Waals surface area contributed by atoms with Gasteiger partial charge >= 0.3 is 0 Å². The maximum atomic E-state index is 12.8. The van der Waals surface area contributed by atoms with Crippen molar-refractivity contribution in [1.82, 2.24) is 9.21 Å². The summed E-state index contributed by atoms with van der Waals surface area (Å²) in [5.41, 5.74) is 3.15. The van der Waals surface area contributed by atoms with Crippen molar-refractivity contribution in [2.24, 2.45) is 0 Å². The smallest absolute Gasteiger partial charge is 0.254 e. The van der Waals surface area contributed by atoms with Crippen molar-refractivity contribution >= 4 is 21.7 Å². The first kappa shape index (κ1) is 20.2. The van der Waals surface area contributed by atoms with Crippen molar-refractivity contribution in [3.05, 3.63) is 64.7 Å². The number of hydrogen-bond donors (Lipinski definition) is 0. The molecular weight excluding hydrogens is 376 g/mol. The van der Waals surface area contributed by atoms with Crippen molar-refractivity contribution in [1.29, 1.82) is 0 Å². The van der Waals surface area contributed by atoms with Gasteiger partial charge in [0.15, 0.2) is 5.78 Å². The second-order valence-corrected chi connectivity index (χ2v) is 9.03. The first-order valence-corrected chi connectivity index (χ1v) is 10.6. The van der Waals surface area contributed by atoms with E-state index in [0.717, 1.165) is 11.1 Å². The van der Waals surface area contributed by atoms with Crippen LogP contribution in [0.25, 0.3) is 0 Å². The standard InChI is InChI=1S/C21H24N2O4S/c1-15-4-9-20(16(2)14-15)21(25)22-10-12-23(13-11-22)28(26,27)19-7-5-18(6-8-19)17(3)24/h4-9,14H,10-13H2,1-3H3. The highest BCUT2D eigenvalue weighted by Crippen LogP contribution is 2.20. The second kappa shape index (κ2) is 7.85. The van der Waals surface area contributed by atoms with E-state index in [0.29, 0.717) is 24.2 Å². The van der Waals surface area contributed by atoms with Crippen molar-refractivity contribution in [2.75, 3.05) is 26.2 Å². The van der Waals surface area contributed by atoms with Crippen LogP contribution in [0.4, 0.5) is 0 Å². The number of aryl methyl sites for hydroxylation is 2. The van der Waals surface area contributed by atoms with E-state index in [1.165, 1.54) is 35.5 Å². The molecule has 1 aliphatic rings. The van der Waals surface area contributed by atoms with E-state index in [9.17, 15) is 18.0 Å². The fourth-order valence-electron chi connectivity index (χ4n) is 3.37. The molecule has 0 aromatic heterocycles. The first-order chi connectivity index (χ1) is 13.2. The van der Waals surface area contributed by atoms with Gasteiger partial charge in [-0.3, -0.25) is 9.59 Å². The summed E-state index contributed by atoms with van der Waals surface area (Å²) in [4.78, 5) is 26.0. The van der Waals surface area contributed by atoms with Gasteiger partial charge in [0.1, 0.15) is 0 Å². The van der Waals surface area contributed by atoms with Crippen LogP contribution in [-0.4, -0.2) is 55.5 Å². The minimum atomic E-state index is -3.65. The molecule has 28 heavy (non-hydrogen) atoms. The van der Waals surface area contributed by atoms with Crippen molar-refractivity contribution < 1.29 is 18.0 Å². The van der Waals surface area contributed by atoms with E-state index in [4.69, 9.17) is 0 Å². The highest BCUT2D eigenvalue weighted by Gasteiger charge is 2.30. The number of Topliss-reactive ketones (excluding diaryl/α,β-unsaturated/α-hetero) is 1. The molecule has 1 saturated heterocycles. The van der Waals surface area contributed by atoms with Crippen LogP contribution in [0.15, 0.2) is 47.4 Å². The molecule has 148 valence electrons. The Balaban J connectivity index is 1.70. The molecule has 0 saturated carbocycles. The molecule has 7 heteroatoms. The fraction of sp³-hybridized carbons (Fsp3) is 0.333. The molecule has 0 atom stereocenters. The van der Waals surface area contributed by atoms with Gasteiger partial charge in [-0.25, -0.2) is 8.42 Å². The Labute approximate surface area is 165 Å². The molecule has 0 bridgehead atoms. The van der Waals surface area contributed by atoms with Crippen LogP contribution in [0.3, 0.4) is 0 Å². The molecule has 1 fully saturated rings. The SMILES string of the molecule is CC(=O)c1ccc(S(=O)(=O)N2CCN(C(=O)c3ccc(C)cc3C)CC2)cc1. The third-order valence-corrected chi connectivity index (χ3v) is 6.95. The molecule has 0 unspecified atom stereocenters. The van der Waals surface area contributed by atoms with Gasteiger partial charge < -0.3 is 4.90 Å². The highest BCUT2D eigenvalue weighted by atomic mass is 32.2. The molecule has 6 nitrogen and oxygen atoms in total. The van der Waals surface area contributed by atoms with Gasteiger partial charge in [0.25, 0.3) is 5.91 Å². The minimum absolute atomic E-state index is 0.0691. The molecular formula is C21H24N2O4S. The van der Waals surface area contributed by atoms with Crippen molar-refractivity contribution in [2.45, 2.75) is 25.7 Å². The summed E-state index contributed by atoms with van der Waals surface area (Å²) < 4.78 is 27.1. The van der Waals surface area contributed by atoms with E-state index >= 15 is 0 Å². The Morgan fingerprint density at radius 2 is 1.50 bits per heavy atom. The minimum Gasteiger partial charge on any atom is -0.336 e. The van der Waals surface area contributed by atoms with Crippen molar-refractivity contribution in [3.8, 4) is 0 Å². The molecule has 3 rings (SSSR count). The number of benzene rings is 2. The first-order valence-electron chi connectivity index (χ1n) is 9.18. The largest absolute Gasteiger partial charge is 0.336 e. The number of carbonyl (C=O) groups excluding carboxylic acids is 2. The number of rotatable bonds is 4. The number of ketones is 1. The van der Waals surface area contributed by atoms with E-state index in [2.05, 4.69) is 0 Å². The predicted molar refractivity (Wildman–Crippen MR) is 107 cm³/mol. The number of carbonyl (C=O) groups is 2. The summed E-state index contributed by atoms with van der Waals surface area (Å²) in [6.45, 7) is 6.50. The Hall–Kier alpha value is -2.51. The lowest BCUT2D eigenvalue weighted by molar-refractivity contribution is 0.0697. The van der Waals surface area contributed by atoms with Gasteiger partial charge in [0.2, 0.25) is 10.0 Å². The summed E-state index contributed by atoms with van der Waals surface area (Å²) in [6, 6.07) is 11.7. The topological polar surface area (TPSA) is 74.8 Å². The lowest BCUT2D eigenvalue weighted by Gasteiger charge is -2.34. The van der Waals surface area contributed by atoms with E-state index in [1.807, 2.05) is 32.0 Å².